The van der Waals surface area contributed by atoms with Crippen molar-refractivity contribution in [2.45, 2.75) is 16.7 Å². The standard InChI is InChI=1S/C14H11ClO2S/c1-9-4-2-7-12(14(16)17)13(9)18-11-6-3-5-10(15)8-11/h2-8H,1H3,(H,16,17). The number of carboxylic acid groups (broad SMARTS) is 1. The van der Waals surface area contributed by atoms with Crippen molar-refractivity contribution in [2.24, 2.45) is 0 Å². The summed E-state index contributed by atoms with van der Waals surface area (Å²) in [6.07, 6.45) is 0. The zero-order valence-electron chi connectivity index (χ0n) is 9.68. The maximum atomic E-state index is 11.2. The number of benzene rings is 2. The Balaban J connectivity index is 2.42. The van der Waals surface area contributed by atoms with Crippen LogP contribution in [0.15, 0.2) is 52.3 Å². The van der Waals surface area contributed by atoms with Crippen LogP contribution in [0.2, 0.25) is 5.02 Å². The molecule has 0 radical (unpaired) electrons. The van der Waals surface area contributed by atoms with Crippen molar-refractivity contribution >= 4 is 29.3 Å². The van der Waals surface area contributed by atoms with Crippen molar-refractivity contribution in [1.82, 2.24) is 0 Å². The molecule has 2 rings (SSSR count). The second-order valence-corrected chi connectivity index (χ2v) is 5.34. The fourth-order valence-corrected chi connectivity index (χ4v) is 2.92. The Hall–Kier alpha value is -1.45. The lowest BCUT2D eigenvalue weighted by atomic mass is 10.1. The van der Waals surface area contributed by atoms with Crippen molar-refractivity contribution in [3.05, 3.63) is 58.6 Å². The van der Waals surface area contributed by atoms with E-state index in [4.69, 9.17) is 11.6 Å². The molecule has 0 saturated heterocycles. The van der Waals surface area contributed by atoms with Crippen LogP contribution in [0.25, 0.3) is 0 Å². The minimum absolute atomic E-state index is 0.319. The largest absolute Gasteiger partial charge is 0.478 e. The van der Waals surface area contributed by atoms with E-state index in [1.165, 1.54) is 11.8 Å². The van der Waals surface area contributed by atoms with E-state index in [0.717, 1.165) is 15.4 Å². The fourth-order valence-electron chi connectivity index (χ4n) is 1.60. The summed E-state index contributed by atoms with van der Waals surface area (Å²) in [6, 6.07) is 12.6. The predicted molar refractivity (Wildman–Crippen MR) is 73.7 cm³/mol. The third-order valence-corrected chi connectivity index (χ3v) is 3.93. The lowest BCUT2D eigenvalue weighted by molar-refractivity contribution is 0.0693. The SMILES string of the molecule is Cc1cccc(C(=O)O)c1Sc1cccc(Cl)c1. The van der Waals surface area contributed by atoms with Crippen molar-refractivity contribution in [1.29, 1.82) is 0 Å². The molecular formula is C14H11ClO2S. The Morgan fingerprint density at radius 1 is 1.22 bits per heavy atom. The number of carbonyl (C=O) groups is 1. The normalized spacial score (nSPS) is 10.3. The van der Waals surface area contributed by atoms with E-state index >= 15 is 0 Å². The summed E-state index contributed by atoms with van der Waals surface area (Å²) in [5.41, 5.74) is 1.26. The number of hydrogen-bond acceptors (Lipinski definition) is 2. The molecule has 0 spiro atoms. The van der Waals surface area contributed by atoms with Crippen molar-refractivity contribution in [2.75, 3.05) is 0 Å². The third kappa shape index (κ3) is 2.86. The monoisotopic (exact) mass is 278 g/mol. The topological polar surface area (TPSA) is 37.3 Å². The van der Waals surface area contributed by atoms with E-state index in [1.807, 2.05) is 31.2 Å². The lowest BCUT2D eigenvalue weighted by Crippen LogP contribution is -2.00. The summed E-state index contributed by atoms with van der Waals surface area (Å²) >= 11 is 7.34. The molecule has 0 fully saturated rings. The fraction of sp³-hybridized carbons (Fsp3) is 0.0714. The molecule has 0 heterocycles. The summed E-state index contributed by atoms with van der Waals surface area (Å²) in [5, 5.41) is 9.83. The molecule has 0 atom stereocenters. The molecular weight excluding hydrogens is 268 g/mol. The first-order valence-electron chi connectivity index (χ1n) is 5.34. The summed E-state index contributed by atoms with van der Waals surface area (Å²) in [6.45, 7) is 1.90. The van der Waals surface area contributed by atoms with Gasteiger partial charge in [-0.1, -0.05) is 41.6 Å². The Kier molecular flexibility index (Phi) is 3.94. The Bertz CT molecular complexity index is 596. The summed E-state index contributed by atoms with van der Waals surface area (Å²) < 4.78 is 0. The minimum atomic E-state index is -0.914. The van der Waals surface area contributed by atoms with Gasteiger partial charge in [-0.05, 0) is 36.8 Å². The number of carboxylic acids is 1. The van der Waals surface area contributed by atoms with Gasteiger partial charge in [0.25, 0.3) is 0 Å². The molecule has 0 aliphatic heterocycles. The second-order valence-electron chi connectivity index (χ2n) is 3.82. The van der Waals surface area contributed by atoms with Gasteiger partial charge >= 0.3 is 5.97 Å². The molecule has 0 bridgehead atoms. The number of hydrogen-bond donors (Lipinski definition) is 1. The molecule has 4 heteroatoms. The van der Waals surface area contributed by atoms with Gasteiger partial charge in [-0.25, -0.2) is 4.79 Å². The van der Waals surface area contributed by atoms with Crippen LogP contribution in [0.4, 0.5) is 0 Å². The number of aryl methyl sites for hydroxylation is 1. The summed E-state index contributed by atoms with van der Waals surface area (Å²) in [4.78, 5) is 12.9. The molecule has 2 nitrogen and oxygen atoms in total. The second kappa shape index (κ2) is 5.46. The molecule has 2 aromatic rings. The van der Waals surface area contributed by atoms with Crippen LogP contribution < -0.4 is 0 Å². The molecule has 0 saturated carbocycles. The molecule has 0 aromatic heterocycles. The summed E-state index contributed by atoms with van der Waals surface area (Å²) in [7, 11) is 0. The highest BCUT2D eigenvalue weighted by molar-refractivity contribution is 7.99. The molecule has 92 valence electrons. The van der Waals surface area contributed by atoms with Crippen LogP contribution in [0.1, 0.15) is 15.9 Å². The van der Waals surface area contributed by atoms with E-state index in [9.17, 15) is 9.90 Å². The van der Waals surface area contributed by atoms with Gasteiger partial charge in [0, 0.05) is 14.8 Å². The Labute approximate surface area is 115 Å². The molecule has 0 unspecified atom stereocenters. The van der Waals surface area contributed by atoms with Gasteiger partial charge in [0.2, 0.25) is 0 Å². The summed E-state index contributed by atoms with van der Waals surface area (Å²) in [5.74, 6) is -0.914. The highest BCUT2D eigenvalue weighted by Crippen LogP contribution is 2.34. The van der Waals surface area contributed by atoms with E-state index in [1.54, 1.807) is 18.2 Å². The van der Waals surface area contributed by atoms with Gasteiger partial charge in [-0.3, -0.25) is 0 Å². The molecule has 0 aliphatic carbocycles. The van der Waals surface area contributed by atoms with Gasteiger partial charge in [0.05, 0.1) is 5.56 Å². The lowest BCUT2D eigenvalue weighted by Gasteiger charge is -2.09. The van der Waals surface area contributed by atoms with Crippen molar-refractivity contribution in [3.8, 4) is 0 Å². The first-order chi connectivity index (χ1) is 8.58. The highest BCUT2D eigenvalue weighted by Gasteiger charge is 2.13. The predicted octanol–water partition coefficient (Wildman–Crippen LogP) is 4.50. The highest BCUT2D eigenvalue weighted by atomic mass is 35.5. The van der Waals surface area contributed by atoms with Gasteiger partial charge in [0.1, 0.15) is 0 Å². The van der Waals surface area contributed by atoms with Crippen molar-refractivity contribution < 1.29 is 9.90 Å². The van der Waals surface area contributed by atoms with Crippen LogP contribution in [0.3, 0.4) is 0 Å². The minimum Gasteiger partial charge on any atom is -0.478 e. The van der Waals surface area contributed by atoms with Crippen molar-refractivity contribution in [3.63, 3.8) is 0 Å². The molecule has 18 heavy (non-hydrogen) atoms. The zero-order valence-corrected chi connectivity index (χ0v) is 11.3. The maximum absolute atomic E-state index is 11.2. The van der Waals surface area contributed by atoms with E-state index in [2.05, 4.69) is 0 Å². The van der Waals surface area contributed by atoms with E-state index in [0.29, 0.717) is 10.6 Å². The van der Waals surface area contributed by atoms with Crippen LogP contribution in [-0.4, -0.2) is 11.1 Å². The van der Waals surface area contributed by atoms with Gasteiger partial charge in [0.15, 0.2) is 0 Å². The Morgan fingerprint density at radius 2 is 1.94 bits per heavy atom. The molecule has 0 amide bonds. The number of halogens is 1. The first kappa shape index (κ1) is 13.0. The van der Waals surface area contributed by atoms with Crippen LogP contribution in [-0.2, 0) is 0 Å². The van der Waals surface area contributed by atoms with Crippen LogP contribution in [0.5, 0.6) is 0 Å². The molecule has 2 aromatic carbocycles. The quantitative estimate of drug-likeness (QED) is 0.898. The number of aromatic carboxylic acids is 1. The van der Waals surface area contributed by atoms with Gasteiger partial charge < -0.3 is 5.11 Å². The molecule has 1 N–H and O–H groups in total. The average Bonchev–Trinajstić information content (AvgIpc) is 2.31. The van der Waals surface area contributed by atoms with E-state index in [-0.39, 0.29) is 0 Å². The van der Waals surface area contributed by atoms with Crippen LogP contribution in [0, 0.1) is 6.92 Å². The van der Waals surface area contributed by atoms with Crippen LogP contribution >= 0.6 is 23.4 Å². The maximum Gasteiger partial charge on any atom is 0.336 e. The average molecular weight is 279 g/mol. The first-order valence-corrected chi connectivity index (χ1v) is 6.53. The molecule has 0 aliphatic rings. The van der Waals surface area contributed by atoms with Gasteiger partial charge in [-0.2, -0.15) is 0 Å². The Morgan fingerprint density at radius 3 is 2.61 bits per heavy atom. The van der Waals surface area contributed by atoms with E-state index < -0.39 is 5.97 Å². The van der Waals surface area contributed by atoms with Gasteiger partial charge in [-0.15, -0.1) is 0 Å². The number of rotatable bonds is 3. The third-order valence-electron chi connectivity index (χ3n) is 2.46. The smallest absolute Gasteiger partial charge is 0.336 e. The zero-order chi connectivity index (χ0) is 13.1.